The zero-order valence-corrected chi connectivity index (χ0v) is 7.50. The molecule has 1 aliphatic carbocycles. The summed E-state index contributed by atoms with van der Waals surface area (Å²) in [5.41, 5.74) is -0.425. The summed E-state index contributed by atoms with van der Waals surface area (Å²) in [4.78, 5) is 10.7. The van der Waals surface area contributed by atoms with Crippen molar-refractivity contribution >= 4 is 6.29 Å². The quantitative estimate of drug-likeness (QED) is 0.360. The Balaban J connectivity index is 2.64. The number of carbonyl (C=O) groups is 1. The molecule has 1 fully saturated rings. The second kappa shape index (κ2) is 2.99. The molecule has 0 radical (unpaired) electrons. The fraction of sp³-hybridized carbons (Fsp3) is 0.667. The number of allylic oxidation sites excluding steroid dienone is 1. The van der Waals surface area contributed by atoms with Crippen molar-refractivity contribution in [1.82, 2.24) is 0 Å². The van der Waals surface area contributed by atoms with Crippen LogP contribution in [0.5, 0.6) is 0 Å². The number of methoxy groups -OCH3 is 2. The summed E-state index contributed by atoms with van der Waals surface area (Å²) in [6, 6.07) is 0. The van der Waals surface area contributed by atoms with E-state index < -0.39 is 11.2 Å². The number of ether oxygens (including phenoxy) is 2. The smallest absolute Gasteiger partial charge is 0.170 e. The molecule has 0 heterocycles. The molecule has 0 aliphatic heterocycles. The van der Waals surface area contributed by atoms with Crippen molar-refractivity contribution in [3.63, 3.8) is 0 Å². The first-order valence-corrected chi connectivity index (χ1v) is 3.86. The fourth-order valence-corrected chi connectivity index (χ4v) is 1.60. The van der Waals surface area contributed by atoms with E-state index in [1.807, 2.05) is 0 Å². The first kappa shape index (κ1) is 9.42. The van der Waals surface area contributed by atoms with Gasteiger partial charge in [0.05, 0.1) is 5.41 Å². The van der Waals surface area contributed by atoms with Gasteiger partial charge in [0.2, 0.25) is 0 Å². The van der Waals surface area contributed by atoms with E-state index in [0.29, 0.717) is 12.8 Å². The lowest BCUT2D eigenvalue weighted by Crippen LogP contribution is -2.54. The molecule has 0 bridgehead atoms. The van der Waals surface area contributed by atoms with Gasteiger partial charge in [-0.1, -0.05) is 6.08 Å². The summed E-state index contributed by atoms with van der Waals surface area (Å²) in [7, 11) is 3.17. The van der Waals surface area contributed by atoms with Crippen molar-refractivity contribution in [2.45, 2.75) is 18.6 Å². The molecule has 3 heteroatoms. The van der Waals surface area contributed by atoms with Gasteiger partial charge >= 0.3 is 0 Å². The van der Waals surface area contributed by atoms with Crippen LogP contribution in [0.1, 0.15) is 12.8 Å². The molecule has 1 saturated carbocycles. The first-order valence-electron chi connectivity index (χ1n) is 3.86. The Hall–Kier alpha value is -0.670. The number of rotatable bonds is 4. The molecule has 3 nitrogen and oxygen atoms in total. The predicted octanol–water partition coefficient (Wildman–Crippen LogP) is 1.14. The van der Waals surface area contributed by atoms with Gasteiger partial charge in [-0.15, -0.1) is 6.58 Å². The van der Waals surface area contributed by atoms with Crippen LogP contribution in [-0.4, -0.2) is 26.3 Å². The zero-order chi connectivity index (χ0) is 9.24. The van der Waals surface area contributed by atoms with Crippen LogP contribution in [-0.2, 0) is 14.3 Å². The largest absolute Gasteiger partial charge is 0.353 e. The van der Waals surface area contributed by atoms with Crippen LogP contribution >= 0.6 is 0 Å². The maximum absolute atomic E-state index is 10.7. The van der Waals surface area contributed by atoms with Crippen molar-refractivity contribution in [2.24, 2.45) is 5.41 Å². The highest BCUT2D eigenvalue weighted by Crippen LogP contribution is 2.50. The van der Waals surface area contributed by atoms with Crippen LogP contribution in [0.25, 0.3) is 0 Å². The molecule has 1 aliphatic rings. The van der Waals surface area contributed by atoms with E-state index in [1.54, 1.807) is 20.3 Å². The Kier molecular flexibility index (Phi) is 2.35. The molecule has 0 atom stereocenters. The normalized spacial score (nSPS) is 24.2. The van der Waals surface area contributed by atoms with Gasteiger partial charge in [-0.05, 0) is 0 Å². The highest BCUT2D eigenvalue weighted by molar-refractivity contribution is 5.65. The van der Waals surface area contributed by atoms with E-state index in [-0.39, 0.29) is 0 Å². The lowest BCUT2D eigenvalue weighted by molar-refractivity contribution is -0.279. The average Bonchev–Trinajstić information content (AvgIpc) is 2.07. The molecular weight excluding hydrogens is 156 g/mol. The summed E-state index contributed by atoms with van der Waals surface area (Å²) < 4.78 is 10.3. The van der Waals surface area contributed by atoms with Gasteiger partial charge in [-0.25, -0.2) is 0 Å². The molecule has 0 unspecified atom stereocenters. The number of aldehydes is 1. The minimum Gasteiger partial charge on any atom is -0.353 e. The molecule has 0 aromatic heterocycles. The molecule has 0 aromatic rings. The third-order valence-corrected chi connectivity index (χ3v) is 2.58. The van der Waals surface area contributed by atoms with Gasteiger partial charge in [-0.3, -0.25) is 0 Å². The summed E-state index contributed by atoms with van der Waals surface area (Å²) in [5, 5.41) is 0. The lowest BCUT2D eigenvalue weighted by Gasteiger charge is -2.49. The lowest BCUT2D eigenvalue weighted by atomic mass is 9.65. The summed E-state index contributed by atoms with van der Waals surface area (Å²) in [6.07, 6.45) is 3.71. The van der Waals surface area contributed by atoms with Crippen molar-refractivity contribution in [1.29, 1.82) is 0 Å². The summed E-state index contributed by atoms with van der Waals surface area (Å²) >= 11 is 0. The molecule has 68 valence electrons. The molecule has 12 heavy (non-hydrogen) atoms. The van der Waals surface area contributed by atoms with Crippen LogP contribution in [0.4, 0.5) is 0 Å². The maximum Gasteiger partial charge on any atom is 0.170 e. The van der Waals surface area contributed by atoms with Crippen LogP contribution < -0.4 is 0 Å². The minimum absolute atomic E-state index is 0.425. The Bertz CT molecular complexity index is 176. The predicted molar refractivity (Wildman–Crippen MR) is 44.7 cm³/mol. The number of carbonyl (C=O) groups excluding carboxylic acids is 1. The van der Waals surface area contributed by atoms with Crippen molar-refractivity contribution in [3.05, 3.63) is 12.7 Å². The first-order chi connectivity index (χ1) is 5.66. The van der Waals surface area contributed by atoms with E-state index in [2.05, 4.69) is 6.58 Å². The molecule has 0 saturated heterocycles. The fourth-order valence-electron chi connectivity index (χ4n) is 1.60. The Morgan fingerprint density at radius 3 is 2.08 bits per heavy atom. The Morgan fingerprint density at radius 2 is 1.83 bits per heavy atom. The van der Waals surface area contributed by atoms with E-state index >= 15 is 0 Å². The number of hydrogen-bond acceptors (Lipinski definition) is 3. The van der Waals surface area contributed by atoms with Crippen molar-refractivity contribution in [2.75, 3.05) is 14.2 Å². The molecular formula is C9H14O3. The van der Waals surface area contributed by atoms with Crippen LogP contribution in [0.2, 0.25) is 0 Å². The monoisotopic (exact) mass is 170 g/mol. The molecule has 0 N–H and O–H groups in total. The second-order valence-electron chi connectivity index (χ2n) is 3.23. The van der Waals surface area contributed by atoms with E-state index in [4.69, 9.17) is 9.47 Å². The molecule has 0 spiro atoms. The SMILES string of the molecule is C=CC1(C=O)CC(OC)(OC)C1. The van der Waals surface area contributed by atoms with E-state index in [9.17, 15) is 4.79 Å². The molecule has 0 aromatic carbocycles. The van der Waals surface area contributed by atoms with Gasteiger partial charge in [0, 0.05) is 27.1 Å². The summed E-state index contributed by atoms with van der Waals surface area (Å²) in [6.45, 7) is 3.62. The molecule has 0 amide bonds. The Labute approximate surface area is 72.4 Å². The minimum atomic E-state index is -0.560. The van der Waals surface area contributed by atoms with Crippen LogP contribution in [0, 0.1) is 5.41 Å². The van der Waals surface area contributed by atoms with Crippen molar-refractivity contribution in [3.8, 4) is 0 Å². The topological polar surface area (TPSA) is 35.5 Å². The third-order valence-electron chi connectivity index (χ3n) is 2.58. The second-order valence-corrected chi connectivity index (χ2v) is 3.23. The van der Waals surface area contributed by atoms with Crippen LogP contribution in [0.15, 0.2) is 12.7 Å². The maximum atomic E-state index is 10.7. The third kappa shape index (κ3) is 1.19. The van der Waals surface area contributed by atoms with Gasteiger partial charge in [0.15, 0.2) is 5.79 Å². The van der Waals surface area contributed by atoms with Gasteiger partial charge < -0.3 is 14.3 Å². The van der Waals surface area contributed by atoms with E-state index in [0.717, 1.165) is 6.29 Å². The van der Waals surface area contributed by atoms with Crippen LogP contribution in [0.3, 0.4) is 0 Å². The van der Waals surface area contributed by atoms with Gasteiger partial charge in [0.1, 0.15) is 6.29 Å². The number of hydrogen-bond donors (Lipinski definition) is 0. The highest BCUT2D eigenvalue weighted by Gasteiger charge is 2.54. The molecule has 1 rings (SSSR count). The van der Waals surface area contributed by atoms with Gasteiger partial charge in [0.25, 0.3) is 0 Å². The average molecular weight is 170 g/mol. The van der Waals surface area contributed by atoms with Gasteiger partial charge in [-0.2, -0.15) is 0 Å². The highest BCUT2D eigenvalue weighted by atomic mass is 16.7. The van der Waals surface area contributed by atoms with Crippen molar-refractivity contribution < 1.29 is 14.3 Å². The Morgan fingerprint density at radius 1 is 1.33 bits per heavy atom. The zero-order valence-electron chi connectivity index (χ0n) is 7.50. The summed E-state index contributed by atoms with van der Waals surface area (Å²) in [5.74, 6) is -0.560. The standard InChI is InChI=1S/C9H14O3/c1-4-8(7-10)5-9(6-8,11-2)12-3/h4,7H,1,5-6H2,2-3H3. The van der Waals surface area contributed by atoms with E-state index in [1.165, 1.54) is 0 Å².